The van der Waals surface area contributed by atoms with Crippen LogP contribution in [0.4, 0.5) is 0 Å². The second-order valence-electron chi connectivity index (χ2n) is 7.11. The second-order valence-corrected chi connectivity index (χ2v) is 9.09. The molecule has 0 radical (unpaired) electrons. The molecule has 0 amide bonds. The third-order valence-corrected chi connectivity index (χ3v) is 5.88. The van der Waals surface area contributed by atoms with Crippen LogP contribution in [0.1, 0.15) is 29.7 Å². The van der Waals surface area contributed by atoms with Crippen molar-refractivity contribution in [2.45, 2.75) is 31.4 Å². The Hall–Kier alpha value is -2.05. The monoisotopic (exact) mass is 577 g/mol. The first-order chi connectivity index (χ1) is 14.7. The molecule has 0 spiro atoms. The van der Waals surface area contributed by atoms with Gasteiger partial charge in [-0.1, -0.05) is 12.1 Å². The zero-order chi connectivity index (χ0) is 23.0. The van der Waals surface area contributed by atoms with Crippen molar-refractivity contribution in [3.63, 3.8) is 0 Å². The van der Waals surface area contributed by atoms with Crippen LogP contribution in [0.15, 0.2) is 46.3 Å². The zero-order valence-corrected chi connectivity index (χ0v) is 22.2. The number of aliphatic imine (C=N–C) groups is 1. The molecule has 3 N–H and O–H groups in total. The highest BCUT2D eigenvalue weighted by molar-refractivity contribution is 14.0. The van der Waals surface area contributed by atoms with E-state index in [4.69, 9.17) is 9.47 Å². The molecule has 0 aliphatic rings. The van der Waals surface area contributed by atoms with Gasteiger partial charge in [-0.25, -0.2) is 13.4 Å². The average molecular weight is 577 g/mol. The lowest BCUT2D eigenvalue weighted by atomic mass is 10.1. The van der Waals surface area contributed by atoms with Crippen molar-refractivity contribution in [2.24, 2.45) is 4.99 Å². The number of methoxy groups -OCH3 is 2. The molecule has 10 heteroatoms. The molecule has 2 aromatic carbocycles. The highest BCUT2D eigenvalue weighted by Crippen LogP contribution is 2.26. The molecule has 1 atom stereocenters. The van der Waals surface area contributed by atoms with E-state index in [0.717, 1.165) is 5.56 Å². The molecule has 0 aromatic heterocycles. The van der Waals surface area contributed by atoms with E-state index in [1.165, 1.54) is 6.26 Å². The van der Waals surface area contributed by atoms with Crippen molar-refractivity contribution in [1.29, 1.82) is 0 Å². The van der Waals surface area contributed by atoms with Crippen molar-refractivity contribution in [1.82, 2.24) is 10.6 Å². The van der Waals surface area contributed by atoms with Crippen molar-refractivity contribution >= 4 is 39.8 Å². The van der Waals surface area contributed by atoms with Gasteiger partial charge in [0.2, 0.25) is 0 Å². The molecule has 2 aromatic rings. The van der Waals surface area contributed by atoms with Gasteiger partial charge >= 0.3 is 0 Å². The highest BCUT2D eigenvalue weighted by Gasteiger charge is 2.13. The lowest BCUT2D eigenvalue weighted by Gasteiger charge is -2.17. The van der Waals surface area contributed by atoms with Crippen LogP contribution in [-0.2, 0) is 16.4 Å². The molecule has 0 bridgehead atoms. The highest BCUT2D eigenvalue weighted by atomic mass is 127. The minimum atomic E-state index is -3.25. The maximum atomic E-state index is 11.8. The molecule has 1 unspecified atom stereocenters. The number of nitrogens with one attached hydrogen (secondary N) is 2. The molecule has 0 saturated heterocycles. The number of rotatable bonds is 9. The normalized spacial score (nSPS) is 12.5. The predicted molar refractivity (Wildman–Crippen MR) is 137 cm³/mol. The summed E-state index contributed by atoms with van der Waals surface area (Å²) in [6, 6.07) is 10.4. The van der Waals surface area contributed by atoms with E-state index < -0.39 is 15.9 Å². The Morgan fingerprint density at radius 2 is 1.72 bits per heavy atom. The summed E-state index contributed by atoms with van der Waals surface area (Å²) in [6.07, 6.45) is 0.396. The van der Waals surface area contributed by atoms with E-state index in [-0.39, 0.29) is 30.5 Å². The maximum Gasteiger partial charge on any atom is 0.191 e. The SMILES string of the molecule is CCNC(=NCc1ccc(S(C)(=O)=O)c(C)c1)NCC(O)c1cc(OC)cc(OC)c1.I. The Morgan fingerprint density at radius 1 is 1.09 bits per heavy atom. The van der Waals surface area contributed by atoms with E-state index in [0.29, 0.717) is 46.6 Å². The fourth-order valence-corrected chi connectivity index (χ4v) is 4.03. The smallest absolute Gasteiger partial charge is 0.191 e. The second kappa shape index (κ2) is 12.9. The summed E-state index contributed by atoms with van der Waals surface area (Å²) >= 11 is 0. The molecule has 0 fully saturated rings. The van der Waals surface area contributed by atoms with Gasteiger partial charge in [0.25, 0.3) is 0 Å². The Balaban J connectivity index is 0.00000512. The van der Waals surface area contributed by atoms with Crippen LogP contribution in [0.2, 0.25) is 0 Å². The first-order valence-corrected chi connectivity index (χ1v) is 11.8. The van der Waals surface area contributed by atoms with Crippen LogP contribution >= 0.6 is 24.0 Å². The molecule has 0 aliphatic heterocycles. The van der Waals surface area contributed by atoms with Crippen LogP contribution in [0.5, 0.6) is 11.5 Å². The summed E-state index contributed by atoms with van der Waals surface area (Å²) in [7, 11) is -0.133. The van der Waals surface area contributed by atoms with Gasteiger partial charge in [0.1, 0.15) is 11.5 Å². The molecule has 2 rings (SSSR count). The number of hydrogen-bond acceptors (Lipinski definition) is 6. The standard InChI is InChI=1S/C22H31N3O5S.HI/c1-6-23-22(24-13-16-7-8-21(15(2)9-16)31(5,27)28)25-14-20(26)17-10-18(29-3)12-19(11-17)30-4;/h7-12,20,26H,6,13-14H2,1-5H3,(H2,23,24,25);1H. The minimum absolute atomic E-state index is 0. The Bertz CT molecular complexity index is 1010. The fourth-order valence-electron chi connectivity index (χ4n) is 3.07. The Kier molecular flexibility index (Phi) is 11.2. The number of halogens is 1. The lowest BCUT2D eigenvalue weighted by molar-refractivity contribution is 0.180. The topological polar surface area (TPSA) is 109 Å². The van der Waals surface area contributed by atoms with E-state index in [1.54, 1.807) is 51.5 Å². The van der Waals surface area contributed by atoms with Gasteiger partial charge in [-0.3, -0.25) is 0 Å². The summed E-state index contributed by atoms with van der Waals surface area (Å²) in [5, 5.41) is 16.9. The fraction of sp³-hybridized carbons (Fsp3) is 0.409. The van der Waals surface area contributed by atoms with Gasteiger partial charge in [-0.05, 0) is 48.7 Å². The first-order valence-electron chi connectivity index (χ1n) is 9.90. The Labute approximate surface area is 207 Å². The third kappa shape index (κ3) is 8.14. The number of aryl methyl sites for hydroxylation is 1. The van der Waals surface area contributed by atoms with Gasteiger partial charge in [0.05, 0.1) is 31.8 Å². The molecule has 0 heterocycles. The van der Waals surface area contributed by atoms with E-state index in [2.05, 4.69) is 15.6 Å². The van der Waals surface area contributed by atoms with E-state index in [9.17, 15) is 13.5 Å². The number of aliphatic hydroxyl groups excluding tert-OH is 1. The number of benzene rings is 2. The number of aliphatic hydroxyl groups is 1. The molecule has 8 nitrogen and oxygen atoms in total. The molecular weight excluding hydrogens is 545 g/mol. The number of hydrogen-bond donors (Lipinski definition) is 3. The predicted octanol–water partition coefficient (Wildman–Crippen LogP) is 2.82. The molecule has 0 aliphatic carbocycles. The van der Waals surface area contributed by atoms with Crippen molar-refractivity contribution in [3.8, 4) is 11.5 Å². The van der Waals surface area contributed by atoms with Crippen molar-refractivity contribution in [3.05, 3.63) is 53.1 Å². The van der Waals surface area contributed by atoms with Gasteiger partial charge in [-0.2, -0.15) is 0 Å². The molecule has 178 valence electrons. The van der Waals surface area contributed by atoms with Crippen LogP contribution in [0.3, 0.4) is 0 Å². The van der Waals surface area contributed by atoms with Gasteiger partial charge < -0.3 is 25.2 Å². The summed E-state index contributed by atoms with van der Waals surface area (Å²) in [5.41, 5.74) is 2.24. The quantitative estimate of drug-likeness (QED) is 0.239. The van der Waals surface area contributed by atoms with Crippen molar-refractivity contribution in [2.75, 3.05) is 33.6 Å². The number of ether oxygens (including phenoxy) is 2. The van der Waals surface area contributed by atoms with Crippen LogP contribution < -0.4 is 20.1 Å². The van der Waals surface area contributed by atoms with Crippen molar-refractivity contribution < 1.29 is 23.0 Å². The maximum absolute atomic E-state index is 11.8. The lowest BCUT2D eigenvalue weighted by Crippen LogP contribution is -2.39. The first kappa shape index (κ1) is 28.0. The zero-order valence-electron chi connectivity index (χ0n) is 19.0. The van der Waals surface area contributed by atoms with Crippen LogP contribution in [0.25, 0.3) is 0 Å². The van der Waals surface area contributed by atoms with Crippen LogP contribution in [-0.4, -0.2) is 53.0 Å². The minimum Gasteiger partial charge on any atom is -0.497 e. The molecular formula is C22H32IN3O5S. The number of sulfone groups is 1. The summed E-state index contributed by atoms with van der Waals surface area (Å²) in [4.78, 5) is 4.86. The largest absolute Gasteiger partial charge is 0.497 e. The van der Waals surface area contributed by atoms with Gasteiger partial charge in [-0.15, -0.1) is 24.0 Å². The average Bonchev–Trinajstić information content (AvgIpc) is 2.74. The van der Waals surface area contributed by atoms with Gasteiger partial charge in [0, 0.05) is 25.4 Å². The number of nitrogens with zero attached hydrogens (tertiary/aromatic N) is 1. The summed E-state index contributed by atoms with van der Waals surface area (Å²) in [5.74, 6) is 1.74. The van der Waals surface area contributed by atoms with E-state index in [1.807, 2.05) is 13.0 Å². The Morgan fingerprint density at radius 3 is 2.22 bits per heavy atom. The van der Waals surface area contributed by atoms with Gasteiger partial charge in [0.15, 0.2) is 15.8 Å². The van der Waals surface area contributed by atoms with E-state index >= 15 is 0 Å². The molecule has 0 saturated carbocycles. The van der Waals surface area contributed by atoms with Crippen LogP contribution in [0, 0.1) is 6.92 Å². The number of guanidine groups is 1. The third-order valence-electron chi connectivity index (χ3n) is 4.62. The molecule has 32 heavy (non-hydrogen) atoms. The summed E-state index contributed by atoms with van der Waals surface area (Å²) < 4.78 is 34.1. The summed E-state index contributed by atoms with van der Waals surface area (Å²) in [6.45, 7) is 4.97.